The highest BCUT2D eigenvalue weighted by Gasteiger charge is 2.08. The van der Waals surface area contributed by atoms with Crippen LogP contribution in [-0.2, 0) is 4.74 Å². The summed E-state index contributed by atoms with van der Waals surface area (Å²) in [6, 6.07) is 5.37. The summed E-state index contributed by atoms with van der Waals surface area (Å²) in [7, 11) is 1.63. The van der Waals surface area contributed by atoms with Crippen molar-refractivity contribution in [2.75, 3.05) is 20.3 Å². The summed E-state index contributed by atoms with van der Waals surface area (Å²) in [5, 5.41) is 0. The fourth-order valence-corrected chi connectivity index (χ4v) is 1.82. The molecule has 0 fully saturated rings. The lowest BCUT2D eigenvalue weighted by molar-refractivity contribution is 0.0987. The fourth-order valence-electron chi connectivity index (χ4n) is 1.25. The van der Waals surface area contributed by atoms with Gasteiger partial charge in [0, 0.05) is 23.6 Å². The Morgan fingerprint density at radius 2 is 2.12 bits per heavy atom. The van der Waals surface area contributed by atoms with Crippen LogP contribution in [0.2, 0.25) is 0 Å². The molecule has 0 aliphatic carbocycles. The lowest BCUT2D eigenvalue weighted by Gasteiger charge is -2.07. The first-order valence-corrected chi connectivity index (χ1v) is 5.92. The highest BCUT2D eigenvalue weighted by atomic mass is 79.9. The topological polar surface area (TPSA) is 35.5 Å². The average molecular weight is 287 g/mol. The van der Waals surface area contributed by atoms with E-state index in [0.717, 1.165) is 10.2 Å². The minimum atomic E-state index is 0.121. The molecule has 0 radical (unpaired) electrons. The second-order valence-electron chi connectivity index (χ2n) is 3.26. The van der Waals surface area contributed by atoms with Crippen molar-refractivity contribution in [1.82, 2.24) is 0 Å². The molecule has 0 aromatic heterocycles. The number of benzene rings is 1. The van der Waals surface area contributed by atoms with Crippen LogP contribution in [0.15, 0.2) is 22.7 Å². The van der Waals surface area contributed by atoms with E-state index in [9.17, 15) is 4.79 Å². The first-order chi connectivity index (χ1) is 7.69. The van der Waals surface area contributed by atoms with Crippen molar-refractivity contribution in [2.24, 2.45) is 0 Å². The fraction of sp³-hybridized carbons (Fsp3) is 0.417. The lowest BCUT2D eigenvalue weighted by Crippen LogP contribution is -2.05. The third-order valence-electron chi connectivity index (χ3n) is 2.12. The summed E-state index contributed by atoms with van der Waals surface area (Å²) in [5.74, 6) is 0.854. The second-order valence-corrected chi connectivity index (χ2v) is 4.11. The quantitative estimate of drug-likeness (QED) is 0.596. The highest BCUT2D eigenvalue weighted by Crippen LogP contribution is 2.24. The molecule has 0 aliphatic rings. The molecule has 16 heavy (non-hydrogen) atoms. The van der Waals surface area contributed by atoms with E-state index in [1.165, 1.54) is 0 Å². The first kappa shape index (κ1) is 13.2. The van der Waals surface area contributed by atoms with Gasteiger partial charge in [0.25, 0.3) is 0 Å². The Morgan fingerprint density at radius 3 is 2.69 bits per heavy atom. The van der Waals surface area contributed by atoms with E-state index < -0.39 is 0 Å². The predicted octanol–water partition coefficient (Wildman–Crippen LogP) is 3.07. The minimum absolute atomic E-state index is 0.121. The second kappa shape index (κ2) is 6.66. The molecule has 0 aliphatic heterocycles. The molecular formula is C12H15BrO3. The monoisotopic (exact) mass is 286 g/mol. The predicted molar refractivity (Wildman–Crippen MR) is 66.1 cm³/mol. The smallest absolute Gasteiger partial charge is 0.163 e. The molecule has 0 saturated carbocycles. The van der Waals surface area contributed by atoms with Crippen molar-refractivity contribution in [2.45, 2.75) is 13.3 Å². The Bertz CT molecular complexity index is 363. The Labute approximate surface area is 104 Å². The lowest BCUT2D eigenvalue weighted by atomic mass is 10.1. The van der Waals surface area contributed by atoms with Gasteiger partial charge in [0.2, 0.25) is 0 Å². The number of halogens is 1. The number of ether oxygens (including phenoxy) is 2. The number of hydrogen-bond donors (Lipinski definition) is 0. The molecule has 0 heterocycles. The first-order valence-electron chi connectivity index (χ1n) is 5.13. The number of Topliss-reactive ketones (excluding diaryl/α,β-unsaturated/α-hetero) is 1. The molecule has 0 amide bonds. The van der Waals surface area contributed by atoms with E-state index in [4.69, 9.17) is 9.47 Å². The van der Waals surface area contributed by atoms with Crippen LogP contribution in [0.4, 0.5) is 0 Å². The van der Waals surface area contributed by atoms with Crippen LogP contribution in [0, 0.1) is 0 Å². The molecule has 0 N–H and O–H groups in total. The molecule has 1 aromatic rings. The number of hydrogen-bond acceptors (Lipinski definition) is 3. The largest absolute Gasteiger partial charge is 0.491 e. The van der Waals surface area contributed by atoms with Crippen LogP contribution in [0.5, 0.6) is 5.75 Å². The summed E-state index contributed by atoms with van der Waals surface area (Å²) < 4.78 is 11.1. The zero-order valence-electron chi connectivity index (χ0n) is 9.46. The third-order valence-corrected chi connectivity index (χ3v) is 2.77. The number of carbonyl (C=O) groups is 1. The van der Waals surface area contributed by atoms with Gasteiger partial charge in [-0.15, -0.1) is 0 Å². The molecule has 3 nitrogen and oxygen atoms in total. The maximum atomic E-state index is 11.5. The molecule has 88 valence electrons. The average Bonchev–Trinajstić information content (AvgIpc) is 2.29. The van der Waals surface area contributed by atoms with E-state index in [-0.39, 0.29) is 5.78 Å². The van der Waals surface area contributed by atoms with Crippen molar-refractivity contribution >= 4 is 21.7 Å². The van der Waals surface area contributed by atoms with Crippen LogP contribution in [0.3, 0.4) is 0 Å². The van der Waals surface area contributed by atoms with Gasteiger partial charge in [-0.05, 0) is 34.1 Å². The summed E-state index contributed by atoms with van der Waals surface area (Å²) in [6.07, 6.45) is 0.502. The van der Waals surface area contributed by atoms with Crippen molar-refractivity contribution in [3.8, 4) is 5.75 Å². The van der Waals surface area contributed by atoms with Gasteiger partial charge in [-0.1, -0.05) is 6.92 Å². The van der Waals surface area contributed by atoms with Gasteiger partial charge in [-0.25, -0.2) is 0 Å². The van der Waals surface area contributed by atoms with Crippen LogP contribution >= 0.6 is 15.9 Å². The molecule has 0 unspecified atom stereocenters. The molecule has 1 rings (SSSR count). The summed E-state index contributed by atoms with van der Waals surface area (Å²) >= 11 is 3.37. The molecule has 1 aromatic carbocycles. The third kappa shape index (κ3) is 3.61. The van der Waals surface area contributed by atoms with E-state index in [1.54, 1.807) is 25.3 Å². The van der Waals surface area contributed by atoms with E-state index in [2.05, 4.69) is 15.9 Å². The number of methoxy groups -OCH3 is 1. The van der Waals surface area contributed by atoms with Gasteiger partial charge < -0.3 is 9.47 Å². The summed E-state index contributed by atoms with van der Waals surface area (Å²) in [6.45, 7) is 2.90. The summed E-state index contributed by atoms with van der Waals surface area (Å²) in [4.78, 5) is 11.5. The van der Waals surface area contributed by atoms with Gasteiger partial charge in [-0.3, -0.25) is 4.79 Å². The van der Waals surface area contributed by atoms with Gasteiger partial charge in [0.15, 0.2) is 5.78 Å². The minimum Gasteiger partial charge on any atom is -0.491 e. The van der Waals surface area contributed by atoms with Crippen LogP contribution < -0.4 is 4.74 Å². The highest BCUT2D eigenvalue weighted by molar-refractivity contribution is 9.10. The molecular weight excluding hydrogens is 272 g/mol. The maximum Gasteiger partial charge on any atom is 0.163 e. The van der Waals surface area contributed by atoms with Crippen molar-refractivity contribution in [1.29, 1.82) is 0 Å². The Balaban J connectivity index is 2.71. The Kier molecular flexibility index (Phi) is 5.49. The summed E-state index contributed by atoms with van der Waals surface area (Å²) in [5.41, 5.74) is 0.696. The molecule has 0 atom stereocenters. The van der Waals surface area contributed by atoms with E-state index in [1.807, 2.05) is 6.92 Å². The zero-order valence-corrected chi connectivity index (χ0v) is 11.0. The standard InChI is InChI=1S/C12H15BrO3/c1-3-12(14)10-5-4-9(8-11(10)13)16-7-6-15-2/h4-5,8H,3,6-7H2,1-2H3. The number of rotatable bonds is 6. The van der Waals surface area contributed by atoms with Gasteiger partial charge in [-0.2, -0.15) is 0 Å². The van der Waals surface area contributed by atoms with Crippen molar-refractivity contribution < 1.29 is 14.3 Å². The van der Waals surface area contributed by atoms with E-state index in [0.29, 0.717) is 25.2 Å². The van der Waals surface area contributed by atoms with E-state index >= 15 is 0 Å². The van der Waals surface area contributed by atoms with Crippen LogP contribution in [-0.4, -0.2) is 26.1 Å². The van der Waals surface area contributed by atoms with Gasteiger partial charge in [0.05, 0.1) is 6.61 Å². The Hall–Kier alpha value is -0.870. The van der Waals surface area contributed by atoms with Crippen LogP contribution in [0.25, 0.3) is 0 Å². The van der Waals surface area contributed by atoms with Crippen LogP contribution in [0.1, 0.15) is 23.7 Å². The van der Waals surface area contributed by atoms with Gasteiger partial charge in [0.1, 0.15) is 12.4 Å². The molecule has 4 heteroatoms. The zero-order chi connectivity index (χ0) is 12.0. The van der Waals surface area contributed by atoms with Crippen molar-refractivity contribution in [3.63, 3.8) is 0 Å². The normalized spacial score (nSPS) is 10.2. The van der Waals surface area contributed by atoms with Crippen molar-refractivity contribution in [3.05, 3.63) is 28.2 Å². The molecule has 0 spiro atoms. The SMILES string of the molecule is CCC(=O)c1ccc(OCCOC)cc1Br. The number of carbonyl (C=O) groups excluding carboxylic acids is 1. The number of ketones is 1. The molecule has 0 saturated heterocycles. The molecule has 0 bridgehead atoms. The Morgan fingerprint density at radius 1 is 1.38 bits per heavy atom. The maximum absolute atomic E-state index is 11.5. The van der Waals surface area contributed by atoms with Gasteiger partial charge >= 0.3 is 0 Å².